The van der Waals surface area contributed by atoms with E-state index < -0.39 is 11.9 Å². The van der Waals surface area contributed by atoms with Gasteiger partial charge in [0.15, 0.2) is 0 Å². The SMILES string of the molecule is C=CC(=O)OCCc1ccc(C#Cc2ccc(-c3ccc(C#Cc4ccc(CCOC(=O)C=C)cc4)cc3O)c(O)c2)cc1. The van der Waals surface area contributed by atoms with E-state index in [2.05, 4.69) is 36.8 Å². The number of hydrogen-bond acceptors (Lipinski definition) is 6. The summed E-state index contributed by atoms with van der Waals surface area (Å²) in [6.45, 7) is 7.30. The number of carbonyl (C=O) groups is 2. The van der Waals surface area contributed by atoms with Crippen LogP contribution in [0.2, 0.25) is 0 Å². The van der Waals surface area contributed by atoms with Gasteiger partial charge in [-0.1, -0.05) is 61.1 Å². The molecule has 0 bridgehead atoms. The van der Waals surface area contributed by atoms with Crippen molar-refractivity contribution in [3.8, 4) is 46.3 Å². The van der Waals surface area contributed by atoms with E-state index in [1.54, 1.807) is 36.4 Å². The minimum Gasteiger partial charge on any atom is -0.507 e. The largest absolute Gasteiger partial charge is 0.507 e. The van der Waals surface area contributed by atoms with E-state index in [0.29, 0.717) is 35.1 Å². The molecule has 4 aromatic carbocycles. The third-order valence-corrected chi connectivity index (χ3v) is 6.50. The van der Waals surface area contributed by atoms with Gasteiger partial charge >= 0.3 is 11.9 Å². The maximum absolute atomic E-state index is 11.1. The Kier molecular flexibility index (Phi) is 10.8. The molecule has 0 saturated carbocycles. The van der Waals surface area contributed by atoms with Gasteiger partial charge in [0, 0.05) is 58.4 Å². The lowest BCUT2D eigenvalue weighted by atomic mass is 10.00. The Morgan fingerprint density at radius 1 is 0.568 bits per heavy atom. The molecule has 0 fully saturated rings. The van der Waals surface area contributed by atoms with Crippen LogP contribution in [-0.4, -0.2) is 35.4 Å². The van der Waals surface area contributed by atoms with E-state index in [9.17, 15) is 19.8 Å². The van der Waals surface area contributed by atoms with Gasteiger partial charge in [0.05, 0.1) is 13.2 Å². The van der Waals surface area contributed by atoms with E-state index in [1.807, 2.05) is 48.5 Å². The molecule has 2 N–H and O–H groups in total. The topological polar surface area (TPSA) is 93.1 Å². The Morgan fingerprint density at radius 3 is 1.25 bits per heavy atom. The van der Waals surface area contributed by atoms with Crippen molar-refractivity contribution in [1.82, 2.24) is 0 Å². The smallest absolute Gasteiger partial charge is 0.330 e. The molecule has 218 valence electrons. The summed E-state index contributed by atoms with van der Waals surface area (Å²) in [5, 5.41) is 21.4. The average molecular weight is 583 g/mol. The molecule has 0 amide bonds. The van der Waals surface area contributed by atoms with Crippen LogP contribution in [0.3, 0.4) is 0 Å². The zero-order valence-corrected chi connectivity index (χ0v) is 24.0. The van der Waals surface area contributed by atoms with E-state index in [4.69, 9.17) is 9.47 Å². The summed E-state index contributed by atoms with van der Waals surface area (Å²) >= 11 is 0. The summed E-state index contributed by atoms with van der Waals surface area (Å²) in [4.78, 5) is 22.3. The van der Waals surface area contributed by atoms with Crippen LogP contribution in [0.5, 0.6) is 11.5 Å². The third kappa shape index (κ3) is 9.01. The van der Waals surface area contributed by atoms with Crippen LogP contribution in [-0.2, 0) is 31.9 Å². The van der Waals surface area contributed by atoms with Crippen molar-refractivity contribution < 1.29 is 29.3 Å². The van der Waals surface area contributed by atoms with E-state index >= 15 is 0 Å². The molecule has 44 heavy (non-hydrogen) atoms. The maximum Gasteiger partial charge on any atom is 0.330 e. The van der Waals surface area contributed by atoms with Crippen molar-refractivity contribution in [2.24, 2.45) is 0 Å². The van der Waals surface area contributed by atoms with Gasteiger partial charge in [-0.15, -0.1) is 0 Å². The van der Waals surface area contributed by atoms with Crippen molar-refractivity contribution in [3.05, 3.63) is 144 Å². The van der Waals surface area contributed by atoms with Crippen molar-refractivity contribution >= 4 is 11.9 Å². The number of phenolic OH excluding ortho intramolecular Hbond substituents is 2. The summed E-state index contributed by atoms with van der Waals surface area (Å²) in [5.74, 6) is 11.4. The number of benzene rings is 4. The van der Waals surface area contributed by atoms with Crippen LogP contribution in [0, 0.1) is 23.7 Å². The van der Waals surface area contributed by atoms with Crippen LogP contribution in [0.1, 0.15) is 33.4 Å². The highest BCUT2D eigenvalue weighted by molar-refractivity contribution is 5.81. The second-order valence-electron chi connectivity index (χ2n) is 9.60. The predicted octanol–water partition coefficient (Wildman–Crippen LogP) is 6.11. The molecule has 0 radical (unpaired) electrons. The first kappa shape index (κ1) is 31.0. The van der Waals surface area contributed by atoms with Crippen LogP contribution in [0.15, 0.2) is 110 Å². The predicted molar refractivity (Wildman–Crippen MR) is 170 cm³/mol. The molecule has 6 heteroatoms. The van der Waals surface area contributed by atoms with Gasteiger partial charge in [-0.2, -0.15) is 0 Å². The lowest BCUT2D eigenvalue weighted by Gasteiger charge is -2.08. The van der Waals surface area contributed by atoms with Gasteiger partial charge in [-0.25, -0.2) is 9.59 Å². The number of rotatable bonds is 9. The molecule has 0 aliphatic rings. The molecule has 0 unspecified atom stereocenters. The van der Waals surface area contributed by atoms with Gasteiger partial charge in [-0.3, -0.25) is 0 Å². The second-order valence-corrected chi connectivity index (χ2v) is 9.60. The Balaban J connectivity index is 1.37. The minimum absolute atomic E-state index is 0.00491. The highest BCUT2D eigenvalue weighted by atomic mass is 16.5. The van der Waals surface area contributed by atoms with Gasteiger partial charge in [-0.05, 0) is 71.8 Å². The van der Waals surface area contributed by atoms with E-state index in [1.165, 1.54) is 0 Å². The van der Waals surface area contributed by atoms with Crippen molar-refractivity contribution in [2.45, 2.75) is 12.8 Å². The molecule has 0 heterocycles. The molecular weight excluding hydrogens is 552 g/mol. The highest BCUT2D eigenvalue weighted by Gasteiger charge is 2.10. The first-order chi connectivity index (χ1) is 21.3. The molecule has 6 nitrogen and oxygen atoms in total. The zero-order valence-electron chi connectivity index (χ0n) is 24.0. The summed E-state index contributed by atoms with van der Waals surface area (Å²) in [7, 11) is 0. The lowest BCUT2D eigenvalue weighted by molar-refractivity contribution is -0.138. The quantitative estimate of drug-likeness (QED) is 0.141. The molecule has 4 aromatic rings. The highest BCUT2D eigenvalue weighted by Crippen LogP contribution is 2.36. The molecule has 4 rings (SSSR count). The van der Waals surface area contributed by atoms with Crippen molar-refractivity contribution in [2.75, 3.05) is 13.2 Å². The summed E-state index contributed by atoms with van der Waals surface area (Å²) in [5.41, 5.74) is 5.83. The number of esters is 2. The number of phenols is 2. The number of aromatic hydroxyl groups is 2. The molecule has 0 saturated heterocycles. The Morgan fingerprint density at radius 2 is 0.909 bits per heavy atom. The fourth-order valence-electron chi connectivity index (χ4n) is 4.13. The van der Waals surface area contributed by atoms with Gasteiger partial charge in [0.1, 0.15) is 11.5 Å². The Bertz CT molecular complexity index is 1660. The fourth-order valence-corrected chi connectivity index (χ4v) is 4.13. The van der Waals surface area contributed by atoms with Crippen LogP contribution in [0.4, 0.5) is 0 Å². The first-order valence-corrected chi connectivity index (χ1v) is 13.8. The first-order valence-electron chi connectivity index (χ1n) is 13.8. The summed E-state index contributed by atoms with van der Waals surface area (Å²) in [6, 6.07) is 25.4. The van der Waals surface area contributed by atoms with Gasteiger partial charge in [0.2, 0.25) is 0 Å². The molecule has 0 atom stereocenters. The number of ether oxygens (including phenoxy) is 2. The number of carbonyl (C=O) groups excluding carboxylic acids is 2. The second kappa shape index (κ2) is 15.3. The normalized spacial score (nSPS) is 9.91. The van der Waals surface area contributed by atoms with Gasteiger partial charge < -0.3 is 19.7 Å². The lowest BCUT2D eigenvalue weighted by Crippen LogP contribution is -2.04. The fraction of sp³-hybridized carbons (Fsp3) is 0.105. The van der Waals surface area contributed by atoms with E-state index in [-0.39, 0.29) is 24.7 Å². The molecule has 0 spiro atoms. The molecule has 0 aromatic heterocycles. The average Bonchev–Trinajstić information content (AvgIpc) is 3.04. The third-order valence-electron chi connectivity index (χ3n) is 6.50. The van der Waals surface area contributed by atoms with Crippen LogP contribution < -0.4 is 0 Å². The zero-order chi connectivity index (χ0) is 31.3. The molecular formula is C38H30O6. The van der Waals surface area contributed by atoms with Crippen LogP contribution in [0.25, 0.3) is 11.1 Å². The molecule has 0 aliphatic carbocycles. The minimum atomic E-state index is -0.443. The maximum atomic E-state index is 11.1. The monoisotopic (exact) mass is 582 g/mol. The summed E-state index contributed by atoms with van der Waals surface area (Å²) < 4.78 is 10.0. The summed E-state index contributed by atoms with van der Waals surface area (Å²) in [6.07, 6.45) is 3.46. The number of hydrogen-bond donors (Lipinski definition) is 2. The Hall–Kier alpha value is -5.98. The van der Waals surface area contributed by atoms with Gasteiger partial charge in [0.25, 0.3) is 0 Å². The standard InChI is InChI=1S/C38H30O6/c1-3-37(41)43-23-21-29-9-5-27(6-10-29)13-15-31-17-19-33(35(39)25-31)34-20-18-32(26-36(34)40)16-14-28-7-11-30(12-8-28)22-24-44-38(42)4-2/h3-12,17-20,25-26,39-40H,1-2,21-24H2. The van der Waals surface area contributed by atoms with E-state index in [0.717, 1.165) is 34.4 Å². The Labute approximate surface area is 256 Å². The van der Waals surface area contributed by atoms with Crippen LogP contribution >= 0.6 is 0 Å². The van der Waals surface area contributed by atoms with Crippen molar-refractivity contribution in [3.63, 3.8) is 0 Å². The van der Waals surface area contributed by atoms with Crippen molar-refractivity contribution in [1.29, 1.82) is 0 Å². The molecule has 0 aliphatic heterocycles.